The van der Waals surface area contributed by atoms with Crippen LogP contribution in [0.1, 0.15) is 42.1 Å². The number of hydrogen-bond acceptors (Lipinski definition) is 2. The van der Waals surface area contributed by atoms with Gasteiger partial charge in [0.15, 0.2) is 5.78 Å². The van der Waals surface area contributed by atoms with Crippen LogP contribution in [0.3, 0.4) is 0 Å². The van der Waals surface area contributed by atoms with Gasteiger partial charge in [0.25, 0.3) is 0 Å². The maximum Gasteiger partial charge on any atom is 0.176 e. The molecule has 2 heteroatoms. The lowest BCUT2D eigenvalue weighted by molar-refractivity contribution is 0.0860. The van der Waals surface area contributed by atoms with Crippen LogP contribution in [0.5, 0.6) is 0 Å². The Hall–Kier alpha value is -1.15. The second kappa shape index (κ2) is 5.46. The summed E-state index contributed by atoms with van der Waals surface area (Å²) in [7, 11) is 0. The standard InChI is InChI=1S/C15H21NO/c1-12-6-5-8-14(10-12)15(17)11-16-9-4-3-7-13(16)2/h5-6,8,10,13H,3-4,7,9,11H2,1-2H3. The Morgan fingerprint density at radius 1 is 1.41 bits per heavy atom. The van der Waals surface area contributed by atoms with Crippen molar-refractivity contribution in [2.75, 3.05) is 13.1 Å². The third-order valence-electron chi connectivity index (χ3n) is 3.63. The highest BCUT2D eigenvalue weighted by Crippen LogP contribution is 2.17. The first kappa shape index (κ1) is 12.3. The average Bonchev–Trinajstić information content (AvgIpc) is 2.32. The van der Waals surface area contributed by atoms with Crippen LogP contribution in [0.25, 0.3) is 0 Å². The van der Waals surface area contributed by atoms with Crippen LogP contribution >= 0.6 is 0 Å². The zero-order valence-electron chi connectivity index (χ0n) is 10.8. The van der Waals surface area contributed by atoms with Gasteiger partial charge >= 0.3 is 0 Å². The van der Waals surface area contributed by atoms with E-state index < -0.39 is 0 Å². The van der Waals surface area contributed by atoms with E-state index >= 15 is 0 Å². The van der Waals surface area contributed by atoms with Crippen LogP contribution in [-0.4, -0.2) is 29.8 Å². The van der Waals surface area contributed by atoms with E-state index in [0.717, 1.165) is 17.7 Å². The van der Waals surface area contributed by atoms with Crippen molar-refractivity contribution < 1.29 is 4.79 Å². The summed E-state index contributed by atoms with van der Waals surface area (Å²) in [5, 5.41) is 0. The number of nitrogens with zero attached hydrogens (tertiary/aromatic N) is 1. The maximum absolute atomic E-state index is 12.2. The zero-order chi connectivity index (χ0) is 12.3. The highest BCUT2D eigenvalue weighted by molar-refractivity contribution is 5.97. The summed E-state index contributed by atoms with van der Waals surface area (Å²) in [5.74, 6) is 0.252. The molecule has 0 aromatic heterocycles. The van der Waals surface area contributed by atoms with Crippen molar-refractivity contribution in [1.82, 2.24) is 4.90 Å². The third-order valence-corrected chi connectivity index (χ3v) is 3.63. The van der Waals surface area contributed by atoms with Crippen molar-refractivity contribution in [1.29, 1.82) is 0 Å². The highest BCUT2D eigenvalue weighted by Gasteiger charge is 2.20. The normalized spacial score (nSPS) is 21.4. The molecule has 2 rings (SSSR count). The minimum atomic E-state index is 0.252. The van der Waals surface area contributed by atoms with Crippen molar-refractivity contribution in [2.24, 2.45) is 0 Å². The van der Waals surface area contributed by atoms with E-state index in [1.807, 2.05) is 31.2 Å². The number of Topliss-reactive ketones (excluding diaryl/α,β-unsaturated/α-hetero) is 1. The van der Waals surface area contributed by atoms with Crippen LogP contribution in [0, 0.1) is 6.92 Å². The fraction of sp³-hybridized carbons (Fsp3) is 0.533. The number of aryl methyl sites for hydroxylation is 1. The molecule has 0 aliphatic carbocycles. The maximum atomic E-state index is 12.2. The lowest BCUT2D eigenvalue weighted by Gasteiger charge is -2.32. The Morgan fingerprint density at radius 3 is 2.94 bits per heavy atom. The first-order valence-electron chi connectivity index (χ1n) is 6.51. The molecule has 0 amide bonds. The largest absolute Gasteiger partial charge is 0.293 e. The third kappa shape index (κ3) is 3.16. The summed E-state index contributed by atoms with van der Waals surface area (Å²) in [5.41, 5.74) is 2.00. The van der Waals surface area contributed by atoms with Gasteiger partial charge in [0, 0.05) is 11.6 Å². The number of likely N-dealkylation sites (tertiary alicyclic amines) is 1. The summed E-state index contributed by atoms with van der Waals surface area (Å²) in [6, 6.07) is 8.45. The number of hydrogen-bond donors (Lipinski definition) is 0. The summed E-state index contributed by atoms with van der Waals surface area (Å²) >= 11 is 0. The molecule has 0 saturated carbocycles. The summed E-state index contributed by atoms with van der Waals surface area (Å²) in [6.07, 6.45) is 3.75. The number of carbonyl (C=O) groups excluding carboxylic acids is 1. The molecular weight excluding hydrogens is 210 g/mol. The number of ketones is 1. The number of piperidine rings is 1. The van der Waals surface area contributed by atoms with Gasteiger partial charge in [-0.3, -0.25) is 9.69 Å². The van der Waals surface area contributed by atoms with E-state index in [1.165, 1.54) is 19.3 Å². The van der Waals surface area contributed by atoms with Crippen molar-refractivity contribution in [3.05, 3.63) is 35.4 Å². The molecule has 2 nitrogen and oxygen atoms in total. The van der Waals surface area contributed by atoms with Crippen LogP contribution in [-0.2, 0) is 0 Å². The second-order valence-corrected chi connectivity index (χ2v) is 5.11. The van der Waals surface area contributed by atoms with E-state index in [2.05, 4.69) is 11.8 Å². The summed E-state index contributed by atoms with van der Waals surface area (Å²) in [6.45, 7) is 5.90. The molecule has 1 aromatic rings. The monoisotopic (exact) mass is 231 g/mol. The van der Waals surface area contributed by atoms with Gasteiger partial charge < -0.3 is 0 Å². The zero-order valence-corrected chi connectivity index (χ0v) is 10.8. The summed E-state index contributed by atoms with van der Waals surface area (Å²) in [4.78, 5) is 14.5. The molecule has 1 atom stereocenters. The van der Waals surface area contributed by atoms with E-state index in [0.29, 0.717) is 12.6 Å². The Bertz CT molecular complexity index is 400. The molecule has 0 spiro atoms. The highest BCUT2D eigenvalue weighted by atomic mass is 16.1. The van der Waals surface area contributed by atoms with Crippen molar-refractivity contribution in [3.8, 4) is 0 Å². The first-order valence-corrected chi connectivity index (χ1v) is 6.51. The van der Waals surface area contributed by atoms with Gasteiger partial charge in [-0.05, 0) is 39.3 Å². The fourth-order valence-electron chi connectivity index (χ4n) is 2.49. The van der Waals surface area contributed by atoms with Gasteiger partial charge in [0.1, 0.15) is 0 Å². The Labute approximate surface area is 104 Å². The molecule has 1 aliphatic heterocycles. The van der Waals surface area contributed by atoms with Gasteiger partial charge in [-0.15, -0.1) is 0 Å². The van der Waals surface area contributed by atoms with Gasteiger partial charge in [0.05, 0.1) is 6.54 Å². The van der Waals surface area contributed by atoms with Crippen molar-refractivity contribution >= 4 is 5.78 Å². The van der Waals surface area contributed by atoms with E-state index in [9.17, 15) is 4.79 Å². The Balaban J connectivity index is 2.01. The van der Waals surface area contributed by atoms with Crippen molar-refractivity contribution in [2.45, 2.75) is 39.2 Å². The Morgan fingerprint density at radius 2 is 2.24 bits per heavy atom. The number of rotatable bonds is 3. The number of carbonyl (C=O) groups is 1. The van der Waals surface area contributed by atoms with Crippen LogP contribution in [0.2, 0.25) is 0 Å². The van der Waals surface area contributed by atoms with Crippen LogP contribution in [0.4, 0.5) is 0 Å². The molecule has 1 aliphatic rings. The molecular formula is C15H21NO. The van der Waals surface area contributed by atoms with E-state index in [1.54, 1.807) is 0 Å². The van der Waals surface area contributed by atoms with Crippen LogP contribution < -0.4 is 0 Å². The molecule has 92 valence electrons. The molecule has 1 aromatic carbocycles. The molecule has 1 unspecified atom stereocenters. The van der Waals surface area contributed by atoms with Crippen molar-refractivity contribution in [3.63, 3.8) is 0 Å². The molecule has 1 heterocycles. The van der Waals surface area contributed by atoms with Crippen LogP contribution in [0.15, 0.2) is 24.3 Å². The van der Waals surface area contributed by atoms with Gasteiger partial charge in [-0.2, -0.15) is 0 Å². The minimum Gasteiger partial charge on any atom is -0.293 e. The quantitative estimate of drug-likeness (QED) is 0.745. The predicted molar refractivity (Wildman–Crippen MR) is 70.4 cm³/mol. The molecule has 17 heavy (non-hydrogen) atoms. The second-order valence-electron chi connectivity index (χ2n) is 5.11. The van der Waals surface area contributed by atoms with Gasteiger partial charge in [-0.25, -0.2) is 0 Å². The van der Waals surface area contributed by atoms with E-state index in [-0.39, 0.29) is 5.78 Å². The topological polar surface area (TPSA) is 20.3 Å². The smallest absolute Gasteiger partial charge is 0.176 e. The summed E-state index contributed by atoms with van der Waals surface area (Å²) < 4.78 is 0. The SMILES string of the molecule is Cc1cccc(C(=O)CN2CCCCC2C)c1. The molecule has 0 N–H and O–H groups in total. The lowest BCUT2D eigenvalue weighted by atomic mass is 10.0. The van der Waals surface area contributed by atoms with Gasteiger partial charge in [-0.1, -0.05) is 30.2 Å². The minimum absolute atomic E-state index is 0.252. The average molecular weight is 231 g/mol. The molecule has 0 bridgehead atoms. The molecule has 1 fully saturated rings. The fourth-order valence-corrected chi connectivity index (χ4v) is 2.49. The molecule has 1 saturated heterocycles. The Kier molecular flexibility index (Phi) is 3.95. The predicted octanol–water partition coefficient (Wildman–Crippen LogP) is 3.05. The number of benzene rings is 1. The lowest BCUT2D eigenvalue weighted by Crippen LogP contribution is -2.40. The molecule has 0 radical (unpaired) electrons. The first-order chi connectivity index (χ1) is 8.16. The van der Waals surface area contributed by atoms with Gasteiger partial charge in [0.2, 0.25) is 0 Å². The van der Waals surface area contributed by atoms with E-state index in [4.69, 9.17) is 0 Å².